The van der Waals surface area contributed by atoms with Gasteiger partial charge in [-0.05, 0) is 44.2 Å². The molecule has 6 rings (SSSR count). The zero-order chi connectivity index (χ0) is 20.5. The first-order chi connectivity index (χ1) is 14.5. The van der Waals surface area contributed by atoms with E-state index in [1.54, 1.807) is 15.6 Å². The second-order valence-electron chi connectivity index (χ2n) is 8.92. The van der Waals surface area contributed by atoms with E-state index in [0.717, 1.165) is 67.2 Å². The number of rotatable bonds is 2. The lowest BCUT2D eigenvalue weighted by molar-refractivity contribution is -0.146. The van der Waals surface area contributed by atoms with Crippen LogP contribution < -0.4 is 10.2 Å². The van der Waals surface area contributed by atoms with Gasteiger partial charge in [0.05, 0.1) is 48.1 Å². The normalized spacial score (nSPS) is 21.3. The molecule has 0 atom stereocenters. The number of aryl methyl sites for hydroxylation is 1. The van der Waals surface area contributed by atoms with Crippen molar-refractivity contribution < 1.29 is 9.53 Å². The fraction of sp³-hybridized carbons (Fsp3) is 0.476. The number of likely N-dealkylation sites (N-methyl/N-ethyl adjacent to an activating group) is 1. The molecule has 0 radical (unpaired) electrons. The molecule has 1 amide bonds. The molecule has 30 heavy (non-hydrogen) atoms. The monoisotopic (exact) mass is 405 g/mol. The van der Waals surface area contributed by atoms with Crippen molar-refractivity contribution >= 4 is 28.9 Å². The minimum Gasteiger partial charge on any atom is -0.380 e. The van der Waals surface area contributed by atoms with Gasteiger partial charge in [0.25, 0.3) is 0 Å². The van der Waals surface area contributed by atoms with Crippen LogP contribution in [0.25, 0.3) is 5.65 Å². The maximum atomic E-state index is 13.3. The molecule has 3 aromatic heterocycles. The highest BCUT2D eigenvalue weighted by atomic mass is 16.5. The molecule has 5 heterocycles. The molecule has 0 unspecified atom stereocenters. The van der Waals surface area contributed by atoms with E-state index in [4.69, 9.17) is 9.72 Å². The van der Waals surface area contributed by atoms with E-state index in [2.05, 4.69) is 20.4 Å². The molecule has 3 aliphatic rings. The summed E-state index contributed by atoms with van der Waals surface area (Å²) in [5, 5.41) is 7.51. The quantitative estimate of drug-likeness (QED) is 0.699. The summed E-state index contributed by atoms with van der Waals surface area (Å²) in [6, 6.07) is 1.96. The Morgan fingerprint density at radius 3 is 2.70 bits per heavy atom. The minimum atomic E-state index is -0.546. The molecule has 1 saturated carbocycles. The lowest BCUT2D eigenvalue weighted by atomic mass is 9.62. The van der Waals surface area contributed by atoms with Gasteiger partial charge >= 0.3 is 0 Å². The van der Waals surface area contributed by atoms with Crippen molar-refractivity contribution in [2.45, 2.75) is 38.0 Å². The molecule has 1 aliphatic carbocycles. The Bertz CT molecular complexity index is 1170. The highest BCUT2D eigenvalue weighted by Gasteiger charge is 2.56. The number of ether oxygens (including phenoxy) is 1. The van der Waals surface area contributed by atoms with Crippen molar-refractivity contribution in [2.24, 2.45) is 5.41 Å². The molecule has 9 heteroatoms. The van der Waals surface area contributed by atoms with Crippen LogP contribution in [0.15, 0.2) is 24.8 Å². The van der Waals surface area contributed by atoms with Crippen LogP contribution in [-0.4, -0.2) is 50.7 Å². The zero-order valence-electron chi connectivity index (χ0n) is 17.1. The Balaban J connectivity index is 1.36. The highest BCUT2D eigenvalue weighted by Crippen LogP contribution is 2.54. The Morgan fingerprint density at radius 2 is 1.97 bits per heavy atom. The van der Waals surface area contributed by atoms with Gasteiger partial charge in [0.2, 0.25) is 11.9 Å². The van der Waals surface area contributed by atoms with Crippen LogP contribution in [0.4, 0.5) is 17.3 Å². The summed E-state index contributed by atoms with van der Waals surface area (Å²) in [7, 11) is 1.83. The lowest BCUT2D eigenvalue weighted by Gasteiger charge is -2.48. The first-order valence-corrected chi connectivity index (χ1v) is 10.3. The average molecular weight is 405 g/mol. The van der Waals surface area contributed by atoms with Gasteiger partial charge in [-0.2, -0.15) is 5.10 Å². The molecule has 3 aromatic rings. The molecule has 2 spiro atoms. The summed E-state index contributed by atoms with van der Waals surface area (Å²) >= 11 is 0. The smallest absolute Gasteiger partial charge is 0.239 e. The summed E-state index contributed by atoms with van der Waals surface area (Å²) in [6.45, 7) is 3.64. The maximum Gasteiger partial charge on any atom is 0.239 e. The Morgan fingerprint density at radius 1 is 1.17 bits per heavy atom. The van der Waals surface area contributed by atoms with Crippen molar-refractivity contribution in [3.8, 4) is 0 Å². The average Bonchev–Trinajstić information content (AvgIpc) is 3.25. The first kappa shape index (κ1) is 17.8. The summed E-state index contributed by atoms with van der Waals surface area (Å²) in [4.78, 5) is 28.6. The van der Waals surface area contributed by atoms with E-state index >= 15 is 0 Å². The SMILES string of the molecule is Cc1cc2ncnn2cc1Nc1ncc2c(n1)C1(CCC3(CC1)COC3)C(=O)N2C. The fourth-order valence-corrected chi connectivity index (χ4v) is 5.11. The summed E-state index contributed by atoms with van der Waals surface area (Å²) in [6.07, 6.45) is 8.79. The zero-order valence-corrected chi connectivity index (χ0v) is 17.1. The third-order valence-electron chi connectivity index (χ3n) is 7.15. The standard InChI is InChI=1S/C21H23N7O2/c1-13-7-16-23-12-24-28(16)9-14(13)25-19-22-8-15-17(26-19)21(18(29)27(15)2)5-3-20(4-6-21)10-30-11-20/h7-9,12H,3-6,10-11H2,1-2H3,(H,22,25,26). The Labute approximate surface area is 173 Å². The highest BCUT2D eigenvalue weighted by molar-refractivity contribution is 6.07. The van der Waals surface area contributed by atoms with Gasteiger partial charge in [-0.1, -0.05) is 0 Å². The maximum absolute atomic E-state index is 13.3. The fourth-order valence-electron chi connectivity index (χ4n) is 5.11. The van der Waals surface area contributed by atoms with Crippen molar-refractivity contribution in [1.29, 1.82) is 0 Å². The Kier molecular flexibility index (Phi) is 3.54. The van der Waals surface area contributed by atoms with E-state index in [0.29, 0.717) is 5.95 Å². The number of nitrogens with one attached hydrogen (secondary N) is 1. The van der Waals surface area contributed by atoms with Crippen molar-refractivity contribution in [1.82, 2.24) is 24.6 Å². The van der Waals surface area contributed by atoms with Crippen molar-refractivity contribution in [3.63, 3.8) is 0 Å². The summed E-state index contributed by atoms with van der Waals surface area (Å²) in [5.41, 5.74) is 4.05. The van der Waals surface area contributed by atoms with Crippen LogP contribution in [0, 0.1) is 12.3 Å². The van der Waals surface area contributed by atoms with Crippen LogP contribution in [0.1, 0.15) is 36.9 Å². The molecule has 0 bridgehead atoms. The number of aromatic nitrogens is 5. The van der Waals surface area contributed by atoms with Gasteiger partial charge < -0.3 is 15.0 Å². The molecule has 2 fully saturated rings. The largest absolute Gasteiger partial charge is 0.380 e. The molecule has 1 N–H and O–H groups in total. The third kappa shape index (κ3) is 2.35. The second-order valence-corrected chi connectivity index (χ2v) is 8.92. The van der Waals surface area contributed by atoms with Gasteiger partial charge in [0.15, 0.2) is 5.65 Å². The number of anilines is 3. The molecule has 9 nitrogen and oxygen atoms in total. The predicted molar refractivity (Wildman–Crippen MR) is 110 cm³/mol. The molecule has 2 aliphatic heterocycles. The summed E-state index contributed by atoms with van der Waals surface area (Å²) in [5.74, 6) is 0.630. The number of fused-ring (bicyclic) bond motifs is 3. The number of amides is 1. The van der Waals surface area contributed by atoms with E-state index in [1.807, 2.05) is 26.2 Å². The van der Waals surface area contributed by atoms with Gasteiger partial charge in [-0.25, -0.2) is 19.5 Å². The Hall–Kier alpha value is -3.07. The van der Waals surface area contributed by atoms with Gasteiger partial charge in [0.1, 0.15) is 6.33 Å². The van der Waals surface area contributed by atoms with E-state index in [9.17, 15) is 4.79 Å². The van der Waals surface area contributed by atoms with Crippen LogP contribution in [0.3, 0.4) is 0 Å². The third-order valence-corrected chi connectivity index (χ3v) is 7.15. The topological polar surface area (TPSA) is 97.5 Å². The number of nitrogens with zero attached hydrogens (tertiary/aromatic N) is 6. The molecular weight excluding hydrogens is 382 g/mol. The molecule has 154 valence electrons. The summed E-state index contributed by atoms with van der Waals surface area (Å²) < 4.78 is 7.17. The first-order valence-electron chi connectivity index (χ1n) is 10.3. The number of hydrogen-bond donors (Lipinski definition) is 1. The van der Waals surface area contributed by atoms with E-state index in [-0.39, 0.29) is 11.3 Å². The molecule has 0 aromatic carbocycles. The van der Waals surface area contributed by atoms with Gasteiger partial charge in [0, 0.05) is 12.5 Å². The second kappa shape index (κ2) is 5.98. The van der Waals surface area contributed by atoms with Gasteiger partial charge in [-0.3, -0.25) is 4.79 Å². The van der Waals surface area contributed by atoms with Crippen LogP contribution in [0.5, 0.6) is 0 Å². The molecular formula is C21H23N7O2. The van der Waals surface area contributed by atoms with Crippen molar-refractivity contribution in [2.75, 3.05) is 30.5 Å². The van der Waals surface area contributed by atoms with Crippen molar-refractivity contribution in [3.05, 3.63) is 36.0 Å². The van der Waals surface area contributed by atoms with Gasteiger partial charge in [-0.15, -0.1) is 0 Å². The minimum absolute atomic E-state index is 0.138. The van der Waals surface area contributed by atoms with Crippen LogP contribution in [-0.2, 0) is 14.9 Å². The van der Waals surface area contributed by atoms with Crippen LogP contribution in [0.2, 0.25) is 0 Å². The number of hydrogen-bond acceptors (Lipinski definition) is 7. The number of pyridine rings is 1. The van der Waals surface area contributed by atoms with E-state index < -0.39 is 5.41 Å². The molecule has 1 saturated heterocycles. The van der Waals surface area contributed by atoms with Crippen LogP contribution >= 0.6 is 0 Å². The number of carbonyl (C=O) groups is 1. The number of carbonyl (C=O) groups excluding carboxylic acids is 1. The predicted octanol–water partition coefficient (Wildman–Crippen LogP) is 2.38. The lowest BCUT2D eigenvalue weighted by Crippen LogP contribution is -2.51. The van der Waals surface area contributed by atoms with E-state index in [1.165, 1.54) is 6.33 Å².